The second-order valence-electron chi connectivity index (χ2n) is 6.88. The van der Waals surface area contributed by atoms with Crippen LogP contribution in [0.3, 0.4) is 0 Å². The van der Waals surface area contributed by atoms with Crippen LogP contribution in [0.5, 0.6) is 0 Å². The summed E-state index contributed by atoms with van der Waals surface area (Å²) in [7, 11) is 0. The number of piperidine rings is 1. The minimum absolute atomic E-state index is 0.0163. The van der Waals surface area contributed by atoms with Crippen LogP contribution in [0.2, 0.25) is 0 Å². The lowest BCUT2D eigenvalue weighted by Crippen LogP contribution is -2.51. The summed E-state index contributed by atoms with van der Waals surface area (Å²) in [6, 6.07) is 0. The van der Waals surface area contributed by atoms with Gasteiger partial charge in [0, 0.05) is 18.5 Å². The van der Waals surface area contributed by atoms with Gasteiger partial charge in [0.05, 0.1) is 17.5 Å². The molecule has 1 aliphatic carbocycles. The summed E-state index contributed by atoms with van der Waals surface area (Å²) in [4.78, 5) is 31.2. The Kier molecular flexibility index (Phi) is 5.54. The SMILES string of the molecule is CCOC(=O)C1(C2CCCCC2)CCN(C(=O)c2cscn2)CC1. The summed E-state index contributed by atoms with van der Waals surface area (Å²) < 4.78 is 5.45. The number of nitrogens with zero attached hydrogens (tertiary/aromatic N) is 2. The van der Waals surface area contributed by atoms with E-state index in [1.54, 1.807) is 10.9 Å². The molecule has 2 heterocycles. The quantitative estimate of drug-likeness (QED) is 0.780. The molecule has 2 aliphatic rings. The van der Waals surface area contributed by atoms with E-state index in [2.05, 4.69) is 4.98 Å². The Morgan fingerprint density at radius 3 is 2.58 bits per heavy atom. The van der Waals surface area contributed by atoms with Crippen molar-refractivity contribution >= 4 is 23.2 Å². The van der Waals surface area contributed by atoms with Gasteiger partial charge in [-0.3, -0.25) is 9.59 Å². The highest BCUT2D eigenvalue weighted by atomic mass is 32.1. The third-order valence-corrected chi connectivity index (χ3v) is 6.25. The zero-order valence-electron chi connectivity index (χ0n) is 14.3. The van der Waals surface area contributed by atoms with E-state index in [0.29, 0.717) is 44.1 Å². The maximum Gasteiger partial charge on any atom is 0.312 e. The van der Waals surface area contributed by atoms with Crippen LogP contribution >= 0.6 is 11.3 Å². The average Bonchev–Trinajstić information content (AvgIpc) is 3.17. The number of carbonyl (C=O) groups is 2. The molecule has 1 saturated heterocycles. The Balaban J connectivity index is 1.72. The number of carbonyl (C=O) groups excluding carboxylic acids is 2. The molecular formula is C18H26N2O3S. The number of hydrogen-bond donors (Lipinski definition) is 0. The van der Waals surface area contributed by atoms with Crippen molar-refractivity contribution in [2.24, 2.45) is 11.3 Å². The summed E-state index contributed by atoms with van der Waals surface area (Å²) in [5, 5.41) is 1.79. The minimum Gasteiger partial charge on any atom is -0.466 e. The molecule has 5 nitrogen and oxygen atoms in total. The summed E-state index contributed by atoms with van der Waals surface area (Å²) >= 11 is 1.43. The lowest BCUT2D eigenvalue weighted by Gasteiger charge is -2.45. The van der Waals surface area contributed by atoms with Gasteiger partial charge in [-0.05, 0) is 38.5 Å². The zero-order chi connectivity index (χ0) is 17.0. The Morgan fingerprint density at radius 2 is 2.00 bits per heavy atom. The molecule has 2 fully saturated rings. The van der Waals surface area contributed by atoms with Crippen molar-refractivity contribution in [1.82, 2.24) is 9.88 Å². The van der Waals surface area contributed by atoms with Crippen LogP contribution in [0.1, 0.15) is 62.4 Å². The normalized spacial score (nSPS) is 21.5. The molecule has 0 aromatic carbocycles. The van der Waals surface area contributed by atoms with Crippen molar-refractivity contribution in [2.75, 3.05) is 19.7 Å². The number of hydrogen-bond acceptors (Lipinski definition) is 5. The Morgan fingerprint density at radius 1 is 1.29 bits per heavy atom. The van der Waals surface area contributed by atoms with E-state index in [0.717, 1.165) is 12.8 Å². The van der Waals surface area contributed by atoms with E-state index in [4.69, 9.17) is 4.74 Å². The largest absolute Gasteiger partial charge is 0.466 e. The lowest BCUT2D eigenvalue weighted by molar-refractivity contribution is -0.164. The molecule has 1 aromatic rings. The highest BCUT2D eigenvalue weighted by Gasteiger charge is 2.49. The van der Waals surface area contributed by atoms with Crippen molar-refractivity contribution < 1.29 is 14.3 Å². The zero-order valence-corrected chi connectivity index (χ0v) is 15.1. The van der Waals surface area contributed by atoms with E-state index in [-0.39, 0.29) is 11.9 Å². The molecule has 0 spiro atoms. The van der Waals surface area contributed by atoms with Gasteiger partial charge in [-0.1, -0.05) is 19.3 Å². The molecule has 1 saturated carbocycles. The predicted octanol–water partition coefficient (Wildman–Crippen LogP) is 3.51. The van der Waals surface area contributed by atoms with Crippen LogP contribution in [-0.4, -0.2) is 41.5 Å². The first-order valence-corrected chi connectivity index (χ1v) is 9.96. The van der Waals surface area contributed by atoms with Crippen molar-refractivity contribution in [3.05, 3.63) is 16.6 Å². The Bertz CT molecular complexity index is 559. The lowest BCUT2D eigenvalue weighted by atomic mass is 9.63. The van der Waals surface area contributed by atoms with Gasteiger partial charge in [0.15, 0.2) is 0 Å². The molecule has 1 aromatic heterocycles. The first-order valence-electron chi connectivity index (χ1n) is 9.02. The third-order valence-electron chi connectivity index (χ3n) is 5.66. The smallest absolute Gasteiger partial charge is 0.312 e. The van der Waals surface area contributed by atoms with Gasteiger partial charge in [0.1, 0.15) is 5.69 Å². The molecule has 3 rings (SSSR count). The molecule has 0 bridgehead atoms. The first kappa shape index (κ1) is 17.4. The summed E-state index contributed by atoms with van der Waals surface area (Å²) in [5.74, 6) is 0.344. The van der Waals surface area contributed by atoms with Crippen LogP contribution in [0.25, 0.3) is 0 Å². The van der Waals surface area contributed by atoms with Crippen molar-refractivity contribution in [3.8, 4) is 0 Å². The number of thiazole rings is 1. The average molecular weight is 350 g/mol. The standard InChI is InChI=1S/C18H26N2O3S/c1-2-23-17(22)18(14-6-4-3-5-7-14)8-10-20(11-9-18)16(21)15-12-24-13-19-15/h12-14H,2-11H2,1H3. The third kappa shape index (κ3) is 3.34. The van der Waals surface area contributed by atoms with Crippen LogP contribution in [0.15, 0.2) is 10.9 Å². The van der Waals surface area contributed by atoms with E-state index >= 15 is 0 Å². The van der Waals surface area contributed by atoms with Gasteiger partial charge in [-0.15, -0.1) is 11.3 Å². The highest BCUT2D eigenvalue weighted by Crippen LogP contribution is 2.46. The molecule has 0 unspecified atom stereocenters. The van der Waals surface area contributed by atoms with Gasteiger partial charge < -0.3 is 9.64 Å². The maximum absolute atomic E-state index is 12.8. The van der Waals surface area contributed by atoms with Crippen LogP contribution < -0.4 is 0 Å². The Hall–Kier alpha value is -1.43. The van der Waals surface area contributed by atoms with E-state index < -0.39 is 5.41 Å². The maximum atomic E-state index is 12.8. The second kappa shape index (κ2) is 7.64. The molecule has 1 aliphatic heterocycles. The van der Waals surface area contributed by atoms with Gasteiger partial charge in [0.25, 0.3) is 5.91 Å². The highest BCUT2D eigenvalue weighted by molar-refractivity contribution is 7.07. The van der Waals surface area contributed by atoms with Crippen molar-refractivity contribution in [2.45, 2.75) is 51.9 Å². The van der Waals surface area contributed by atoms with E-state index in [1.165, 1.54) is 30.6 Å². The van der Waals surface area contributed by atoms with Crippen molar-refractivity contribution in [3.63, 3.8) is 0 Å². The number of esters is 1. The number of aromatic nitrogens is 1. The number of ether oxygens (including phenoxy) is 1. The van der Waals surface area contributed by atoms with E-state index in [9.17, 15) is 9.59 Å². The fraction of sp³-hybridized carbons (Fsp3) is 0.722. The van der Waals surface area contributed by atoms with Gasteiger partial charge >= 0.3 is 5.97 Å². The van der Waals surface area contributed by atoms with Gasteiger partial charge in [0.2, 0.25) is 0 Å². The number of rotatable bonds is 4. The second-order valence-corrected chi connectivity index (χ2v) is 7.60. The fourth-order valence-corrected chi connectivity index (χ4v) is 4.82. The van der Waals surface area contributed by atoms with Crippen LogP contribution in [0, 0.1) is 11.3 Å². The predicted molar refractivity (Wildman–Crippen MR) is 92.9 cm³/mol. The molecule has 1 amide bonds. The molecule has 0 radical (unpaired) electrons. The van der Waals surface area contributed by atoms with Gasteiger partial charge in [-0.2, -0.15) is 0 Å². The minimum atomic E-state index is -0.394. The topological polar surface area (TPSA) is 59.5 Å². The van der Waals surface area contributed by atoms with Crippen LogP contribution in [0.4, 0.5) is 0 Å². The molecule has 6 heteroatoms. The summed E-state index contributed by atoms with van der Waals surface area (Å²) in [6.45, 7) is 3.53. The first-order chi connectivity index (χ1) is 11.7. The summed E-state index contributed by atoms with van der Waals surface area (Å²) in [5.41, 5.74) is 1.80. The fourth-order valence-electron chi connectivity index (χ4n) is 4.30. The monoisotopic (exact) mass is 350 g/mol. The number of likely N-dealkylation sites (tertiary alicyclic amines) is 1. The Labute approximate surface area is 147 Å². The van der Waals surface area contributed by atoms with Crippen molar-refractivity contribution in [1.29, 1.82) is 0 Å². The van der Waals surface area contributed by atoms with E-state index in [1.807, 2.05) is 11.8 Å². The molecular weight excluding hydrogens is 324 g/mol. The van der Waals surface area contributed by atoms with Gasteiger partial charge in [-0.25, -0.2) is 4.98 Å². The number of amides is 1. The summed E-state index contributed by atoms with van der Waals surface area (Å²) in [6.07, 6.45) is 7.32. The molecule has 132 valence electrons. The molecule has 24 heavy (non-hydrogen) atoms. The molecule has 0 N–H and O–H groups in total. The van der Waals surface area contributed by atoms with Crippen LogP contribution in [-0.2, 0) is 9.53 Å². The molecule has 0 atom stereocenters.